The van der Waals surface area contributed by atoms with Gasteiger partial charge in [-0.25, -0.2) is 0 Å². The van der Waals surface area contributed by atoms with Crippen LogP contribution in [0.5, 0.6) is 5.75 Å². The van der Waals surface area contributed by atoms with Gasteiger partial charge in [-0.15, -0.1) is 0 Å². The largest absolute Gasteiger partial charge is 0.497 e. The molecule has 0 aromatic heterocycles. The number of esters is 1. The highest BCUT2D eigenvalue weighted by atomic mass is 16.5. The molecule has 0 spiro atoms. The Morgan fingerprint density at radius 1 is 0.962 bits per heavy atom. The fourth-order valence-electron chi connectivity index (χ4n) is 2.99. The van der Waals surface area contributed by atoms with E-state index in [9.17, 15) is 9.59 Å². The van der Waals surface area contributed by atoms with Crippen molar-refractivity contribution in [1.82, 2.24) is 0 Å². The SMILES string of the molecule is CCOC(=O)Cc1c(C(=O)c2ccccc2)ccc2ccc(OC)cc12. The van der Waals surface area contributed by atoms with E-state index in [2.05, 4.69) is 0 Å². The molecule has 3 aromatic rings. The number of hydrogen-bond donors (Lipinski definition) is 0. The minimum absolute atomic E-state index is 0.0340. The van der Waals surface area contributed by atoms with Crippen molar-refractivity contribution in [1.29, 1.82) is 0 Å². The molecule has 0 fully saturated rings. The number of carbonyl (C=O) groups excluding carboxylic acids is 2. The van der Waals surface area contributed by atoms with E-state index in [4.69, 9.17) is 9.47 Å². The van der Waals surface area contributed by atoms with Gasteiger partial charge in [0.1, 0.15) is 5.75 Å². The molecule has 3 rings (SSSR count). The normalized spacial score (nSPS) is 10.5. The average molecular weight is 348 g/mol. The number of fused-ring (bicyclic) bond motifs is 1. The Hall–Kier alpha value is -3.14. The van der Waals surface area contributed by atoms with E-state index in [0.717, 1.165) is 10.8 Å². The van der Waals surface area contributed by atoms with Crippen molar-refractivity contribution in [3.05, 3.63) is 77.4 Å². The summed E-state index contributed by atoms with van der Waals surface area (Å²) < 4.78 is 10.4. The molecule has 0 aliphatic carbocycles. The first-order valence-corrected chi connectivity index (χ1v) is 8.49. The summed E-state index contributed by atoms with van der Waals surface area (Å²) in [4.78, 5) is 25.2. The van der Waals surface area contributed by atoms with Gasteiger partial charge in [0.15, 0.2) is 5.78 Å². The van der Waals surface area contributed by atoms with Crippen LogP contribution in [0.25, 0.3) is 10.8 Å². The van der Waals surface area contributed by atoms with E-state index >= 15 is 0 Å². The van der Waals surface area contributed by atoms with Crippen LogP contribution in [-0.2, 0) is 16.0 Å². The van der Waals surface area contributed by atoms with Crippen LogP contribution in [0.4, 0.5) is 0 Å². The topological polar surface area (TPSA) is 52.6 Å². The number of methoxy groups -OCH3 is 1. The van der Waals surface area contributed by atoms with Crippen LogP contribution >= 0.6 is 0 Å². The molecular weight excluding hydrogens is 328 g/mol. The van der Waals surface area contributed by atoms with Crippen molar-refractivity contribution in [2.24, 2.45) is 0 Å². The van der Waals surface area contributed by atoms with E-state index in [1.165, 1.54) is 0 Å². The summed E-state index contributed by atoms with van der Waals surface area (Å²) in [5.74, 6) is 0.200. The molecule has 0 amide bonds. The molecule has 4 nitrogen and oxygen atoms in total. The van der Waals surface area contributed by atoms with Gasteiger partial charge in [0.05, 0.1) is 20.1 Å². The minimum atomic E-state index is -0.357. The molecule has 132 valence electrons. The summed E-state index contributed by atoms with van der Waals surface area (Å²) in [7, 11) is 1.59. The molecule has 0 atom stereocenters. The van der Waals surface area contributed by atoms with Crippen molar-refractivity contribution in [3.63, 3.8) is 0 Å². The van der Waals surface area contributed by atoms with Crippen molar-refractivity contribution >= 4 is 22.5 Å². The Morgan fingerprint density at radius 3 is 2.38 bits per heavy atom. The van der Waals surface area contributed by atoms with Crippen LogP contribution in [0.15, 0.2) is 60.7 Å². The van der Waals surface area contributed by atoms with Gasteiger partial charge in [-0.2, -0.15) is 0 Å². The third-order valence-electron chi connectivity index (χ3n) is 4.25. The Labute approximate surface area is 152 Å². The maximum absolute atomic E-state index is 13.0. The number of benzene rings is 3. The van der Waals surface area contributed by atoms with Crippen molar-refractivity contribution < 1.29 is 19.1 Å². The average Bonchev–Trinajstić information content (AvgIpc) is 2.68. The summed E-state index contributed by atoms with van der Waals surface area (Å²) in [6.07, 6.45) is 0.0340. The molecule has 0 bridgehead atoms. The van der Waals surface area contributed by atoms with E-state index in [-0.39, 0.29) is 18.2 Å². The second-order valence-electron chi connectivity index (χ2n) is 5.86. The fraction of sp³-hybridized carbons (Fsp3) is 0.182. The van der Waals surface area contributed by atoms with Gasteiger partial charge in [-0.1, -0.05) is 48.5 Å². The Bertz CT molecular complexity index is 945. The number of hydrogen-bond acceptors (Lipinski definition) is 4. The van der Waals surface area contributed by atoms with Crippen LogP contribution < -0.4 is 4.74 Å². The van der Waals surface area contributed by atoms with Crippen LogP contribution in [-0.4, -0.2) is 25.5 Å². The van der Waals surface area contributed by atoms with Crippen molar-refractivity contribution in [2.75, 3.05) is 13.7 Å². The lowest BCUT2D eigenvalue weighted by Gasteiger charge is -2.13. The number of rotatable bonds is 6. The van der Waals surface area contributed by atoms with E-state index < -0.39 is 0 Å². The molecule has 0 N–H and O–H groups in total. The summed E-state index contributed by atoms with van der Waals surface area (Å²) >= 11 is 0. The zero-order valence-corrected chi connectivity index (χ0v) is 14.8. The Morgan fingerprint density at radius 2 is 1.69 bits per heavy atom. The molecule has 0 unspecified atom stereocenters. The summed E-state index contributed by atoms with van der Waals surface area (Å²) in [5.41, 5.74) is 1.75. The first kappa shape index (κ1) is 17.7. The van der Waals surface area contributed by atoms with Gasteiger partial charge in [0, 0.05) is 11.1 Å². The van der Waals surface area contributed by atoms with Crippen LogP contribution in [0, 0.1) is 0 Å². The van der Waals surface area contributed by atoms with Gasteiger partial charge in [-0.3, -0.25) is 9.59 Å². The predicted octanol–water partition coefficient (Wildman–Crippen LogP) is 4.19. The monoisotopic (exact) mass is 348 g/mol. The zero-order valence-electron chi connectivity index (χ0n) is 14.8. The van der Waals surface area contributed by atoms with Gasteiger partial charge in [0.2, 0.25) is 0 Å². The molecule has 0 saturated carbocycles. The standard InChI is InChI=1S/C22H20O4/c1-3-26-21(23)14-20-18(22(24)16-7-5-4-6-8-16)12-10-15-9-11-17(25-2)13-19(15)20/h4-13H,3,14H2,1-2H3. The minimum Gasteiger partial charge on any atom is -0.497 e. The predicted molar refractivity (Wildman–Crippen MR) is 101 cm³/mol. The van der Waals surface area contributed by atoms with Gasteiger partial charge >= 0.3 is 5.97 Å². The van der Waals surface area contributed by atoms with E-state index in [1.54, 1.807) is 32.2 Å². The van der Waals surface area contributed by atoms with Gasteiger partial charge in [0.25, 0.3) is 0 Å². The Balaban J connectivity index is 2.17. The lowest BCUT2D eigenvalue weighted by molar-refractivity contribution is -0.142. The molecule has 0 radical (unpaired) electrons. The second-order valence-corrected chi connectivity index (χ2v) is 5.86. The maximum atomic E-state index is 13.0. The molecular formula is C22H20O4. The number of ether oxygens (including phenoxy) is 2. The summed E-state index contributed by atoms with van der Waals surface area (Å²) in [6, 6.07) is 18.3. The highest BCUT2D eigenvalue weighted by Crippen LogP contribution is 2.29. The van der Waals surface area contributed by atoms with Crippen LogP contribution in [0.1, 0.15) is 28.4 Å². The van der Waals surface area contributed by atoms with Gasteiger partial charge < -0.3 is 9.47 Å². The third-order valence-corrected chi connectivity index (χ3v) is 4.25. The zero-order chi connectivity index (χ0) is 18.5. The van der Waals surface area contributed by atoms with E-state index in [1.807, 2.05) is 42.5 Å². The molecule has 26 heavy (non-hydrogen) atoms. The summed E-state index contributed by atoms with van der Waals surface area (Å²) in [6.45, 7) is 2.06. The molecule has 3 aromatic carbocycles. The summed E-state index contributed by atoms with van der Waals surface area (Å²) in [5, 5.41) is 1.76. The highest BCUT2D eigenvalue weighted by Gasteiger charge is 2.19. The lowest BCUT2D eigenvalue weighted by atomic mass is 9.91. The molecule has 0 heterocycles. The number of ketones is 1. The van der Waals surface area contributed by atoms with Crippen molar-refractivity contribution in [2.45, 2.75) is 13.3 Å². The molecule has 0 aliphatic heterocycles. The molecule has 4 heteroatoms. The molecule has 0 saturated heterocycles. The molecule has 0 aliphatic rings. The lowest BCUT2D eigenvalue weighted by Crippen LogP contribution is -2.13. The first-order valence-electron chi connectivity index (χ1n) is 8.49. The van der Waals surface area contributed by atoms with Crippen LogP contribution in [0.3, 0.4) is 0 Å². The third kappa shape index (κ3) is 3.59. The highest BCUT2D eigenvalue weighted by molar-refractivity contribution is 6.13. The quantitative estimate of drug-likeness (QED) is 0.495. The van der Waals surface area contributed by atoms with Crippen molar-refractivity contribution in [3.8, 4) is 5.75 Å². The van der Waals surface area contributed by atoms with Crippen LogP contribution in [0.2, 0.25) is 0 Å². The smallest absolute Gasteiger partial charge is 0.310 e. The first-order chi connectivity index (χ1) is 12.6. The van der Waals surface area contributed by atoms with E-state index in [0.29, 0.717) is 29.0 Å². The second kappa shape index (κ2) is 7.83. The number of carbonyl (C=O) groups is 2. The van der Waals surface area contributed by atoms with Gasteiger partial charge in [-0.05, 0) is 35.4 Å². The maximum Gasteiger partial charge on any atom is 0.310 e. The Kier molecular flexibility index (Phi) is 5.32. The fourth-order valence-corrected chi connectivity index (χ4v) is 2.99.